The Labute approximate surface area is 123 Å². The summed E-state index contributed by atoms with van der Waals surface area (Å²) < 4.78 is 40.0. The number of nitrogens with two attached hydrogens (primary N) is 2. The predicted octanol–water partition coefficient (Wildman–Crippen LogP) is 0.602. The summed E-state index contributed by atoms with van der Waals surface area (Å²) in [6.45, 7) is 1.89. The zero-order valence-corrected chi connectivity index (χ0v) is 12.5. The molecule has 116 valence electrons. The second-order valence-electron chi connectivity index (χ2n) is 5.22. The first-order valence-electron chi connectivity index (χ1n) is 6.58. The molecule has 0 saturated carbocycles. The minimum atomic E-state index is -3.95. The SMILES string of the molecule is Cc1cc(F)c(S(=O)(=O)N2CCC(C(N)=O)CC2)cc1N. The molecular formula is C13H18FN3O3S. The molecule has 1 amide bonds. The lowest BCUT2D eigenvalue weighted by Crippen LogP contribution is -2.41. The fourth-order valence-corrected chi connectivity index (χ4v) is 3.94. The van der Waals surface area contributed by atoms with Gasteiger partial charge in [0.05, 0.1) is 0 Å². The Morgan fingerprint density at radius 2 is 1.90 bits per heavy atom. The van der Waals surface area contributed by atoms with Crippen LogP contribution in [0.25, 0.3) is 0 Å². The molecule has 0 unspecified atom stereocenters. The highest BCUT2D eigenvalue weighted by Gasteiger charge is 2.33. The standard InChI is InChI=1S/C13H18FN3O3S/c1-8-6-10(14)12(7-11(8)15)21(19,20)17-4-2-9(3-5-17)13(16)18/h6-7,9H,2-5,15H2,1H3,(H2,16,18). The van der Waals surface area contributed by atoms with Crippen molar-refractivity contribution in [2.24, 2.45) is 11.7 Å². The number of halogens is 1. The highest BCUT2D eigenvalue weighted by molar-refractivity contribution is 7.89. The second-order valence-corrected chi connectivity index (χ2v) is 7.13. The molecule has 4 N–H and O–H groups in total. The fourth-order valence-electron chi connectivity index (χ4n) is 2.39. The van der Waals surface area contributed by atoms with E-state index >= 15 is 0 Å². The number of hydrogen-bond donors (Lipinski definition) is 2. The second kappa shape index (κ2) is 5.61. The van der Waals surface area contributed by atoms with Crippen LogP contribution in [0.2, 0.25) is 0 Å². The number of sulfonamides is 1. The van der Waals surface area contributed by atoms with E-state index in [9.17, 15) is 17.6 Å². The van der Waals surface area contributed by atoms with Crippen LogP contribution in [0.4, 0.5) is 10.1 Å². The van der Waals surface area contributed by atoms with E-state index in [1.54, 1.807) is 6.92 Å². The summed E-state index contributed by atoms with van der Waals surface area (Å²) in [7, 11) is -3.95. The maximum Gasteiger partial charge on any atom is 0.246 e. The molecule has 1 saturated heterocycles. The lowest BCUT2D eigenvalue weighted by Gasteiger charge is -2.29. The molecule has 21 heavy (non-hydrogen) atoms. The Kier molecular flexibility index (Phi) is 4.20. The van der Waals surface area contributed by atoms with Gasteiger partial charge in [0.25, 0.3) is 0 Å². The highest BCUT2D eigenvalue weighted by Crippen LogP contribution is 2.27. The summed E-state index contributed by atoms with van der Waals surface area (Å²) in [6.07, 6.45) is 0.690. The van der Waals surface area contributed by atoms with E-state index in [0.717, 1.165) is 12.1 Å². The van der Waals surface area contributed by atoms with E-state index in [4.69, 9.17) is 11.5 Å². The lowest BCUT2D eigenvalue weighted by molar-refractivity contribution is -0.122. The van der Waals surface area contributed by atoms with Gasteiger partial charge in [-0.3, -0.25) is 4.79 Å². The number of anilines is 1. The van der Waals surface area contributed by atoms with Gasteiger partial charge in [-0.2, -0.15) is 4.31 Å². The molecule has 8 heteroatoms. The van der Waals surface area contributed by atoms with E-state index in [1.807, 2.05) is 0 Å². The third-order valence-corrected chi connectivity index (χ3v) is 5.71. The van der Waals surface area contributed by atoms with E-state index < -0.39 is 26.6 Å². The summed E-state index contributed by atoms with van der Waals surface area (Å²) in [5, 5.41) is 0. The molecule has 0 atom stereocenters. The molecule has 1 aromatic carbocycles. The van der Waals surface area contributed by atoms with Crippen molar-refractivity contribution in [1.29, 1.82) is 0 Å². The van der Waals surface area contributed by atoms with Crippen molar-refractivity contribution in [3.8, 4) is 0 Å². The lowest BCUT2D eigenvalue weighted by atomic mass is 9.98. The fraction of sp³-hybridized carbons (Fsp3) is 0.462. The number of aryl methyl sites for hydroxylation is 1. The van der Waals surface area contributed by atoms with Crippen molar-refractivity contribution in [3.05, 3.63) is 23.5 Å². The molecule has 0 bridgehead atoms. The number of rotatable bonds is 3. The first-order valence-corrected chi connectivity index (χ1v) is 8.02. The van der Waals surface area contributed by atoms with Crippen LogP contribution in [-0.2, 0) is 14.8 Å². The van der Waals surface area contributed by atoms with Gasteiger partial charge in [0.2, 0.25) is 15.9 Å². The summed E-state index contributed by atoms with van der Waals surface area (Å²) in [5.74, 6) is -1.58. The van der Waals surface area contributed by atoms with Crippen molar-refractivity contribution in [1.82, 2.24) is 4.31 Å². The molecule has 0 aliphatic carbocycles. The van der Waals surface area contributed by atoms with E-state index in [-0.39, 0.29) is 24.7 Å². The number of carbonyl (C=O) groups is 1. The van der Waals surface area contributed by atoms with E-state index in [2.05, 4.69) is 0 Å². The molecule has 1 aliphatic heterocycles. The largest absolute Gasteiger partial charge is 0.398 e. The van der Waals surface area contributed by atoms with Crippen LogP contribution in [0.1, 0.15) is 18.4 Å². The van der Waals surface area contributed by atoms with Gasteiger partial charge in [-0.15, -0.1) is 0 Å². The third kappa shape index (κ3) is 3.01. The van der Waals surface area contributed by atoms with Crippen LogP contribution < -0.4 is 11.5 Å². The summed E-state index contributed by atoms with van der Waals surface area (Å²) in [6, 6.07) is 2.25. The van der Waals surface area contributed by atoms with Gasteiger partial charge in [0, 0.05) is 24.7 Å². The van der Waals surface area contributed by atoms with Gasteiger partial charge in [0.15, 0.2) is 0 Å². The average Bonchev–Trinajstić information content (AvgIpc) is 2.42. The minimum Gasteiger partial charge on any atom is -0.398 e. The average molecular weight is 315 g/mol. The topological polar surface area (TPSA) is 106 Å². The normalized spacial score (nSPS) is 17.8. The van der Waals surface area contributed by atoms with Gasteiger partial charge < -0.3 is 11.5 Å². The van der Waals surface area contributed by atoms with Gasteiger partial charge in [-0.05, 0) is 37.5 Å². The monoisotopic (exact) mass is 315 g/mol. The minimum absolute atomic E-state index is 0.142. The Bertz CT molecular complexity index is 667. The van der Waals surface area contributed by atoms with Gasteiger partial charge in [-0.25, -0.2) is 12.8 Å². The summed E-state index contributed by atoms with van der Waals surface area (Å²) in [4.78, 5) is 10.7. The number of hydrogen-bond acceptors (Lipinski definition) is 4. The quantitative estimate of drug-likeness (QED) is 0.797. The molecule has 6 nitrogen and oxygen atoms in total. The number of nitrogen functional groups attached to an aromatic ring is 1. The zero-order chi connectivity index (χ0) is 15.8. The van der Waals surface area contributed by atoms with Gasteiger partial charge in [-0.1, -0.05) is 0 Å². The van der Waals surface area contributed by atoms with Crippen molar-refractivity contribution >= 4 is 21.6 Å². The molecule has 1 aliphatic rings. The number of amides is 1. The van der Waals surface area contributed by atoms with Crippen LogP contribution in [0.5, 0.6) is 0 Å². The first-order chi connectivity index (χ1) is 9.73. The van der Waals surface area contributed by atoms with Crippen LogP contribution in [0.3, 0.4) is 0 Å². The molecule has 1 fully saturated rings. The zero-order valence-electron chi connectivity index (χ0n) is 11.7. The predicted molar refractivity (Wildman–Crippen MR) is 76.2 cm³/mol. The number of piperidine rings is 1. The Morgan fingerprint density at radius 1 is 1.33 bits per heavy atom. The maximum absolute atomic E-state index is 14.0. The molecule has 1 aromatic rings. The Hall–Kier alpha value is -1.67. The van der Waals surface area contributed by atoms with Crippen LogP contribution in [0.15, 0.2) is 17.0 Å². The summed E-state index contributed by atoms with van der Waals surface area (Å²) >= 11 is 0. The van der Waals surface area contributed by atoms with E-state index in [0.29, 0.717) is 18.4 Å². The first kappa shape index (κ1) is 15.7. The molecule has 1 heterocycles. The highest BCUT2D eigenvalue weighted by atomic mass is 32.2. The van der Waals surface area contributed by atoms with Gasteiger partial charge in [0.1, 0.15) is 10.7 Å². The number of nitrogens with zero attached hydrogens (tertiary/aromatic N) is 1. The van der Waals surface area contributed by atoms with Crippen LogP contribution >= 0.6 is 0 Å². The van der Waals surface area contributed by atoms with Crippen LogP contribution in [-0.4, -0.2) is 31.7 Å². The van der Waals surface area contributed by atoms with Crippen molar-refractivity contribution in [3.63, 3.8) is 0 Å². The molecule has 0 spiro atoms. The Balaban J connectivity index is 2.28. The van der Waals surface area contributed by atoms with Crippen molar-refractivity contribution in [2.75, 3.05) is 18.8 Å². The van der Waals surface area contributed by atoms with Crippen LogP contribution in [0, 0.1) is 18.7 Å². The number of benzene rings is 1. The van der Waals surface area contributed by atoms with Crippen molar-refractivity contribution < 1.29 is 17.6 Å². The maximum atomic E-state index is 14.0. The molecule has 0 radical (unpaired) electrons. The summed E-state index contributed by atoms with van der Waals surface area (Å²) in [5.41, 5.74) is 11.6. The Morgan fingerprint density at radius 3 is 2.43 bits per heavy atom. The number of primary amides is 1. The number of carbonyl (C=O) groups excluding carboxylic acids is 1. The van der Waals surface area contributed by atoms with Crippen molar-refractivity contribution in [2.45, 2.75) is 24.7 Å². The van der Waals surface area contributed by atoms with E-state index in [1.165, 1.54) is 4.31 Å². The van der Waals surface area contributed by atoms with Gasteiger partial charge >= 0.3 is 0 Å². The molecule has 2 rings (SSSR count). The molecular weight excluding hydrogens is 297 g/mol. The third-order valence-electron chi connectivity index (χ3n) is 3.79. The molecule has 0 aromatic heterocycles. The smallest absolute Gasteiger partial charge is 0.246 e.